The Kier molecular flexibility index (Phi) is 2.04. The van der Waals surface area contributed by atoms with Gasteiger partial charge in [-0.05, 0) is 30.3 Å². The van der Waals surface area contributed by atoms with E-state index in [1.54, 1.807) is 24.4 Å². The number of pyridine rings is 1. The van der Waals surface area contributed by atoms with Crippen LogP contribution in [0.1, 0.15) is 0 Å². The fraction of sp³-hybridized carbons (Fsp3) is 0. The van der Waals surface area contributed by atoms with E-state index in [9.17, 15) is 4.39 Å². The summed E-state index contributed by atoms with van der Waals surface area (Å²) in [6.07, 6.45) is 1.60. The number of aromatic nitrogens is 3. The number of fused-ring (bicyclic) bond motifs is 1. The molecule has 0 fully saturated rings. The van der Waals surface area contributed by atoms with Crippen LogP contribution < -0.4 is 5.73 Å². The Bertz CT molecular complexity index is 673. The van der Waals surface area contributed by atoms with Gasteiger partial charge in [0.25, 0.3) is 0 Å². The smallest absolute Gasteiger partial charge is 0.180 e. The molecule has 3 aromatic rings. The molecule has 84 valence electrons. The number of rotatable bonds is 1. The number of H-pyrrole nitrogens is 1. The minimum atomic E-state index is -0.275. The summed E-state index contributed by atoms with van der Waals surface area (Å²) in [5.41, 5.74) is 8.45. The molecule has 2 heterocycles. The lowest BCUT2D eigenvalue weighted by atomic mass is 10.2. The molecule has 0 atom stereocenters. The maximum Gasteiger partial charge on any atom is 0.180 e. The Labute approximate surface area is 96.3 Å². The molecule has 3 rings (SSSR count). The first kappa shape index (κ1) is 9.77. The summed E-state index contributed by atoms with van der Waals surface area (Å²) in [4.78, 5) is 11.5. The Balaban J connectivity index is 2.18. The van der Waals surface area contributed by atoms with E-state index in [0.29, 0.717) is 22.7 Å². The number of imidazole rings is 1. The zero-order valence-corrected chi connectivity index (χ0v) is 8.81. The lowest BCUT2D eigenvalue weighted by Crippen LogP contribution is -1.87. The van der Waals surface area contributed by atoms with Crippen LogP contribution in [0.15, 0.2) is 36.5 Å². The van der Waals surface area contributed by atoms with Crippen molar-refractivity contribution in [3.63, 3.8) is 0 Å². The van der Waals surface area contributed by atoms with Crippen LogP contribution in [0.5, 0.6) is 0 Å². The Morgan fingerprint density at radius 3 is 2.59 bits per heavy atom. The maximum absolute atomic E-state index is 12.8. The van der Waals surface area contributed by atoms with E-state index in [1.807, 2.05) is 0 Å². The van der Waals surface area contributed by atoms with Crippen molar-refractivity contribution in [2.75, 3.05) is 5.73 Å². The zero-order chi connectivity index (χ0) is 11.8. The molecule has 17 heavy (non-hydrogen) atoms. The zero-order valence-electron chi connectivity index (χ0n) is 8.81. The van der Waals surface area contributed by atoms with Gasteiger partial charge in [0.1, 0.15) is 17.2 Å². The molecule has 0 bridgehead atoms. The molecule has 4 nitrogen and oxygen atoms in total. The van der Waals surface area contributed by atoms with Gasteiger partial charge in [0.2, 0.25) is 0 Å². The molecule has 0 saturated carbocycles. The average molecular weight is 228 g/mol. The van der Waals surface area contributed by atoms with Crippen LogP contribution >= 0.6 is 0 Å². The lowest BCUT2D eigenvalue weighted by molar-refractivity contribution is 0.628. The van der Waals surface area contributed by atoms with Crippen molar-refractivity contribution in [3.8, 4) is 11.4 Å². The second-order valence-electron chi connectivity index (χ2n) is 3.69. The van der Waals surface area contributed by atoms with Gasteiger partial charge in [-0.2, -0.15) is 0 Å². The van der Waals surface area contributed by atoms with Crippen molar-refractivity contribution < 1.29 is 4.39 Å². The van der Waals surface area contributed by atoms with E-state index in [0.717, 1.165) is 5.56 Å². The molecule has 1 aromatic carbocycles. The van der Waals surface area contributed by atoms with Crippen LogP contribution in [-0.2, 0) is 0 Å². The predicted molar refractivity (Wildman–Crippen MR) is 63.7 cm³/mol. The van der Waals surface area contributed by atoms with Crippen LogP contribution in [0.25, 0.3) is 22.6 Å². The highest BCUT2D eigenvalue weighted by atomic mass is 19.1. The van der Waals surface area contributed by atoms with E-state index in [2.05, 4.69) is 15.0 Å². The van der Waals surface area contributed by atoms with Crippen molar-refractivity contribution in [2.45, 2.75) is 0 Å². The molecule has 0 amide bonds. The van der Waals surface area contributed by atoms with Crippen molar-refractivity contribution >= 4 is 16.9 Å². The largest absolute Gasteiger partial charge is 0.397 e. The average Bonchev–Trinajstić information content (AvgIpc) is 2.75. The lowest BCUT2D eigenvalue weighted by Gasteiger charge is -1.95. The summed E-state index contributed by atoms with van der Waals surface area (Å²) in [7, 11) is 0. The van der Waals surface area contributed by atoms with Gasteiger partial charge in [0.15, 0.2) is 5.65 Å². The number of anilines is 1. The minimum absolute atomic E-state index is 0.275. The van der Waals surface area contributed by atoms with Crippen molar-refractivity contribution in [2.24, 2.45) is 0 Å². The van der Waals surface area contributed by atoms with E-state index in [-0.39, 0.29) is 5.82 Å². The fourth-order valence-corrected chi connectivity index (χ4v) is 1.67. The molecule has 2 aromatic heterocycles. The number of aromatic amines is 1. The van der Waals surface area contributed by atoms with Crippen LogP contribution in [0.2, 0.25) is 0 Å². The van der Waals surface area contributed by atoms with Crippen LogP contribution in [0, 0.1) is 5.82 Å². The molecule has 0 unspecified atom stereocenters. The predicted octanol–water partition coefficient (Wildman–Crippen LogP) is 2.35. The summed E-state index contributed by atoms with van der Waals surface area (Å²) < 4.78 is 12.8. The van der Waals surface area contributed by atoms with Crippen LogP contribution in [0.4, 0.5) is 10.1 Å². The molecule has 0 aliphatic carbocycles. The SMILES string of the molecule is Nc1ccnc2nc(-c3ccc(F)cc3)[nH]c12. The van der Waals surface area contributed by atoms with Gasteiger partial charge in [0.05, 0.1) is 5.69 Å². The van der Waals surface area contributed by atoms with E-state index in [4.69, 9.17) is 5.73 Å². The van der Waals surface area contributed by atoms with Crippen molar-refractivity contribution in [1.29, 1.82) is 0 Å². The summed E-state index contributed by atoms with van der Waals surface area (Å²) in [5.74, 6) is 0.355. The van der Waals surface area contributed by atoms with Gasteiger partial charge in [-0.1, -0.05) is 0 Å². The molecular weight excluding hydrogens is 219 g/mol. The van der Waals surface area contributed by atoms with Gasteiger partial charge in [-0.3, -0.25) is 0 Å². The number of hydrogen-bond acceptors (Lipinski definition) is 3. The first-order valence-corrected chi connectivity index (χ1v) is 5.10. The van der Waals surface area contributed by atoms with Gasteiger partial charge in [0, 0.05) is 11.8 Å². The number of hydrogen-bond donors (Lipinski definition) is 2. The minimum Gasteiger partial charge on any atom is -0.397 e. The van der Waals surface area contributed by atoms with Gasteiger partial charge in [-0.25, -0.2) is 14.4 Å². The van der Waals surface area contributed by atoms with Gasteiger partial charge < -0.3 is 10.7 Å². The highest BCUT2D eigenvalue weighted by molar-refractivity contribution is 5.86. The van der Waals surface area contributed by atoms with E-state index in [1.165, 1.54) is 12.1 Å². The monoisotopic (exact) mass is 228 g/mol. The second-order valence-corrected chi connectivity index (χ2v) is 3.69. The Hall–Kier alpha value is -2.43. The van der Waals surface area contributed by atoms with Gasteiger partial charge in [-0.15, -0.1) is 0 Å². The molecule has 0 saturated heterocycles. The molecule has 0 aliphatic heterocycles. The summed E-state index contributed by atoms with van der Waals surface area (Å²) in [6.45, 7) is 0. The summed E-state index contributed by atoms with van der Waals surface area (Å²) in [5, 5.41) is 0. The molecule has 0 radical (unpaired) electrons. The number of nitrogens with one attached hydrogen (secondary N) is 1. The molecule has 0 spiro atoms. The first-order valence-electron chi connectivity index (χ1n) is 5.10. The summed E-state index contributed by atoms with van der Waals surface area (Å²) in [6, 6.07) is 7.79. The van der Waals surface area contributed by atoms with Crippen LogP contribution in [0.3, 0.4) is 0 Å². The van der Waals surface area contributed by atoms with E-state index < -0.39 is 0 Å². The number of nitrogens with zero attached hydrogens (tertiary/aromatic N) is 2. The third-order valence-electron chi connectivity index (χ3n) is 2.54. The topological polar surface area (TPSA) is 67.6 Å². The third kappa shape index (κ3) is 1.61. The number of benzene rings is 1. The number of nitrogens with two attached hydrogens (primary N) is 1. The first-order chi connectivity index (χ1) is 8.24. The number of halogens is 1. The van der Waals surface area contributed by atoms with Gasteiger partial charge >= 0.3 is 0 Å². The van der Waals surface area contributed by atoms with Crippen molar-refractivity contribution in [3.05, 3.63) is 42.3 Å². The highest BCUT2D eigenvalue weighted by Crippen LogP contribution is 2.22. The Morgan fingerprint density at radius 2 is 1.88 bits per heavy atom. The molecule has 0 aliphatic rings. The quantitative estimate of drug-likeness (QED) is 0.671. The fourth-order valence-electron chi connectivity index (χ4n) is 1.67. The van der Waals surface area contributed by atoms with Crippen molar-refractivity contribution in [1.82, 2.24) is 15.0 Å². The third-order valence-corrected chi connectivity index (χ3v) is 2.54. The Morgan fingerprint density at radius 1 is 1.12 bits per heavy atom. The molecule has 3 N–H and O–H groups in total. The maximum atomic E-state index is 12.8. The molecular formula is C12H9FN4. The normalized spacial score (nSPS) is 10.9. The van der Waals surface area contributed by atoms with E-state index >= 15 is 0 Å². The summed E-state index contributed by atoms with van der Waals surface area (Å²) >= 11 is 0. The van der Waals surface area contributed by atoms with Crippen LogP contribution in [-0.4, -0.2) is 15.0 Å². The molecule has 5 heteroatoms. The highest BCUT2D eigenvalue weighted by Gasteiger charge is 2.07. The second kappa shape index (κ2) is 3.55. The number of nitrogen functional groups attached to an aromatic ring is 1. The standard InChI is InChI=1S/C12H9FN4/c13-8-3-1-7(2-4-8)11-16-10-9(14)5-6-15-12(10)17-11/h1-6H,(H3,14,15,16,17).